The molecule has 2 aromatic heterocycles. The van der Waals surface area contributed by atoms with Gasteiger partial charge in [-0.3, -0.25) is 0 Å². The monoisotopic (exact) mass is 394 g/mol. The van der Waals surface area contributed by atoms with Crippen LogP contribution >= 0.6 is 22.7 Å². The van der Waals surface area contributed by atoms with Gasteiger partial charge in [0.2, 0.25) is 0 Å². The first-order valence-corrected chi connectivity index (χ1v) is 11.0. The second-order valence-electron chi connectivity index (χ2n) is 7.40. The highest BCUT2D eigenvalue weighted by Crippen LogP contribution is 2.40. The van der Waals surface area contributed by atoms with E-state index in [4.69, 9.17) is 4.98 Å². The minimum absolute atomic E-state index is 0.0820. The fourth-order valence-corrected chi connectivity index (χ4v) is 4.07. The second-order valence-corrected chi connectivity index (χ2v) is 9.51. The van der Waals surface area contributed by atoms with Crippen LogP contribution in [0.15, 0.2) is 10.2 Å². The Hall–Kier alpha value is -1.41. The third-order valence-corrected chi connectivity index (χ3v) is 5.61. The molecule has 0 spiro atoms. The SMILES string of the molecule is CCCCN(CCCC)c1nc(C(C)(C)C)c(/N=N\c2nnc(C)s2)s1. The third-order valence-electron chi connectivity index (χ3n) is 3.88. The summed E-state index contributed by atoms with van der Waals surface area (Å²) in [5.74, 6) is 0. The average Bonchev–Trinajstić information content (AvgIpc) is 3.19. The third kappa shape index (κ3) is 5.81. The van der Waals surface area contributed by atoms with Gasteiger partial charge in [-0.1, -0.05) is 70.1 Å². The number of hydrogen-bond acceptors (Lipinski definition) is 8. The van der Waals surface area contributed by atoms with Gasteiger partial charge in [-0.25, -0.2) is 4.98 Å². The lowest BCUT2D eigenvalue weighted by atomic mass is 9.93. The van der Waals surface area contributed by atoms with Crippen LogP contribution in [0.2, 0.25) is 0 Å². The molecule has 0 saturated carbocycles. The second kappa shape index (κ2) is 9.50. The van der Waals surface area contributed by atoms with Gasteiger partial charge in [0.15, 0.2) is 10.1 Å². The molecular weight excluding hydrogens is 364 g/mol. The molecule has 0 unspecified atom stereocenters. The quantitative estimate of drug-likeness (QED) is 0.460. The number of rotatable bonds is 9. The summed E-state index contributed by atoms with van der Waals surface area (Å²) < 4.78 is 0. The van der Waals surface area contributed by atoms with Gasteiger partial charge >= 0.3 is 0 Å². The molecular formula is C18H30N6S2. The van der Waals surface area contributed by atoms with Crippen molar-refractivity contribution in [1.82, 2.24) is 15.2 Å². The van der Waals surface area contributed by atoms with Crippen LogP contribution in [0.25, 0.3) is 0 Å². The maximum absolute atomic E-state index is 4.96. The highest BCUT2D eigenvalue weighted by atomic mass is 32.1. The van der Waals surface area contributed by atoms with Crippen LogP contribution in [0.1, 0.15) is 71.0 Å². The van der Waals surface area contributed by atoms with Gasteiger partial charge in [-0.2, -0.15) is 0 Å². The molecule has 2 heterocycles. The Morgan fingerprint density at radius 2 is 1.62 bits per heavy atom. The Morgan fingerprint density at radius 1 is 0.962 bits per heavy atom. The first kappa shape index (κ1) is 20.9. The van der Waals surface area contributed by atoms with Gasteiger partial charge in [0.25, 0.3) is 5.13 Å². The molecule has 8 heteroatoms. The number of thiazole rings is 1. The first-order chi connectivity index (χ1) is 12.3. The summed E-state index contributed by atoms with van der Waals surface area (Å²) in [5, 5.41) is 20.2. The number of unbranched alkanes of at least 4 members (excludes halogenated alkanes) is 2. The molecule has 0 aliphatic heterocycles. The van der Waals surface area contributed by atoms with Gasteiger partial charge in [0, 0.05) is 18.5 Å². The smallest absolute Gasteiger partial charge is 0.251 e. The normalized spacial score (nSPS) is 12.2. The maximum atomic E-state index is 4.96. The number of aryl methyl sites for hydroxylation is 1. The van der Waals surface area contributed by atoms with E-state index in [9.17, 15) is 0 Å². The van der Waals surface area contributed by atoms with E-state index < -0.39 is 0 Å². The van der Waals surface area contributed by atoms with Crippen molar-refractivity contribution in [3.63, 3.8) is 0 Å². The number of aromatic nitrogens is 3. The topological polar surface area (TPSA) is 66.6 Å². The van der Waals surface area contributed by atoms with E-state index in [0.717, 1.165) is 33.9 Å². The zero-order valence-corrected chi connectivity index (χ0v) is 18.4. The van der Waals surface area contributed by atoms with Crippen molar-refractivity contribution < 1.29 is 0 Å². The predicted molar refractivity (Wildman–Crippen MR) is 112 cm³/mol. The van der Waals surface area contributed by atoms with Crippen LogP contribution in [0.3, 0.4) is 0 Å². The molecule has 0 aliphatic carbocycles. The van der Waals surface area contributed by atoms with Gasteiger partial charge in [0.1, 0.15) is 5.01 Å². The lowest BCUT2D eigenvalue weighted by Crippen LogP contribution is -2.25. The summed E-state index contributed by atoms with van der Waals surface area (Å²) in [6, 6.07) is 0. The minimum atomic E-state index is -0.0820. The van der Waals surface area contributed by atoms with E-state index in [1.54, 1.807) is 11.3 Å². The molecule has 0 radical (unpaired) electrons. The molecule has 0 aliphatic rings. The van der Waals surface area contributed by atoms with Crippen molar-refractivity contribution in [2.75, 3.05) is 18.0 Å². The summed E-state index contributed by atoms with van der Waals surface area (Å²) in [5.41, 5.74) is 0.918. The van der Waals surface area contributed by atoms with Crippen molar-refractivity contribution in [3.8, 4) is 0 Å². The minimum Gasteiger partial charge on any atom is -0.348 e. The Labute approximate surface area is 164 Å². The summed E-state index contributed by atoms with van der Waals surface area (Å²) >= 11 is 3.08. The largest absolute Gasteiger partial charge is 0.348 e. The fourth-order valence-electron chi connectivity index (χ4n) is 2.41. The van der Waals surface area contributed by atoms with Crippen LogP contribution in [-0.4, -0.2) is 28.3 Å². The van der Waals surface area contributed by atoms with Gasteiger partial charge in [-0.05, 0) is 19.8 Å². The zero-order valence-electron chi connectivity index (χ0n) is 16.7. The molecule has 0 atom stereocenters. The number of anilines is 1. The lowest BCUT2D eigenvalue weighted by Gasteiger charge is -2.21. The summed E-state index contributed by atoms with van der Waals surface area (Å²) in [7, 11) is 0. The van der Waals surface area contributed by atoms with E-state index >= 15 is 0 Å². The van der Waals surface area contributed by atoms with Crippen LogP contribution in [0.5, 0.6) is 0 Å². The van der Waals surface area contributed by atoms with Gasteiger partial charge in [-0.15, -0.1) is 20.4 Å². The molecule has 0 amide bonds. The predicted octanol–water partition coefficient (Wildman–Crippen LogP) is 6.42. The molecule has 0 saturated heterocycles. The Kier molecular flexibility index (Phi) is 7.64. The average molecular weight is 395 g/mol. The molecule has 0 fully saturated rings. The Bertz CT molecular complexity index is 706. The molecule has 2 rings (SSSR count). The van der Waals surface area contributed by atoms with Crippen LogP contribution in [0, 0.1) is 6.92 Å². The van der Waals surface area contributed by atoms with E-state index in [2.05, 4.69) is 59.9 Å². The summed E-state index contributed by atoms with van der Waals surface area (Å²) in [6.45, 7) is 15.0. The van der Waals surface area contributed by atoms with Crippen molar-refractivity contribution in [1.29, 1.82) is 0 Å². The highest BCUT2D eigenvalue weighted by Gasteiger charge is 2.25. The highest BCUT2D eigenvalue weighted by molar-refractivity contribution is 7.19. The van der Waals surface area contributed by atoms with E-state index in [1.165, 1.54) is 37.0 Å². The van der Waals surface area contributed by atoms with Crippen molar-refractivity contribution in [3.05, 3.63) is 10.7 Å². The maximum Gasteiger partial charge on any atom is 0.251 e. The molecule has 26 heavy (non-hydrogen) atoms. The Balaban J connectivity index is 2.32. The van der Waals surface area contributed by atoms with E-state index in [0.29, 0.717) is 5.13 Å². The van der Waals surface area contributed by atoms with Crippen LogP contribution in [0.4, 0.5) is 15.3 Å². The number of nitrogens with zero attached hydrogens (tertiary/aromatic N) is 6. The number of azo groups is 1. The van der Waals surface area contributed by atoms with E-state index in [-0.39, 0.29) is 5.41 Å². The van der Waals surface area contributed by atoms with Gasteiger partial charge < -0.3 is 4.90 Å². The van der Waals surface area contributed by atoms with Crippen molar-refractivity contribution in [2.45, 2.75) is 72.6 Å². The molecule has 0 bridgehead atoms. The molecule has 0 N–H and O–H groups in total. The van der Waals surface area contributed by atoms with Crippen molar-refractivity contribution >= 4 is 37.9 Å². The van der Waals surface area contributed by atoms with Crippen LogP contribution in [-0.2, 0) is 5.41 Å². The zero-order chi connectivity index (χ0) is 19.2. The Morgan fingerprint density at radius 3 is 2.12 bits per heavy atom. The molecule has 2 aromatic rings. The van der Waals surface area contributed by atoms with Crippen LogP contribution < -0.4 is 4.90 Å². The fraction of sp³-hybridized carbons (Fsp3) is 0.722. The van der Waals surface area contributed by atoms with Gasteiger partial charge in [0.05, 0.1) is 5.69 Å². The molecule has 6 nitrogen and oxygen atoms in total. The molecule has 0 aromatic carbocycles. The summed E-state index contributed by atoms with van der Waals surface area (Å²) in [4.78, 5) is 7.37. The van der Waals surface area contributed by atoms with Crippen molar-refractivity contribution in [2.24, 2.45) is 10.2 Å². The molecule has 144 valence electrons. The number of hydrogen-bond donors (Lipinski definition) is 0. The first-order valence-electron chi connectivity index (χ1n) is 9.33. The standard InChI is InChI=1S/C18H30N6S2/c1-7-9-11-24(12-10-8-2)17-19-14(18(4,5)6)15(26-17)21-23-16-22-20-13(3)25-16/h7-12H2,1-6H3/b23-21-. The van der Waals surface area contributed by atoms with E-state index in [1.807, 2.05) is 6.92 Å². The lowest BCUT2D eigenvalue weighted by molar-refractivity contribution is 0.571. The summed E-state index contributed by atoms with van der Waals surface area (Å²) in [6.07, 6.45) is 4.72.